The summed E-state index contributed by atoms with van der Waals surface area (Å²) in [6, 6.07) is 9.62. The van der Waals surface area contributed by atoms with Crippen LogP contribution in [-0.2, 0) is 0 Å². The Bertz CT molecular complexity index is 570. The zero-order chi connectivity index (χ0) is 13.8. The van der Waals surface area contributed by atoms with Crippen molar-refractivity contribution in [3.63, 3.8) is 0 Å². The fourth-order valence-corrected chi connectivity index (χ4v) is 2.50. The monoisotopic (exact) mass is 294 g/mol. The van der Waals surface area contributed by atoms with Gasteiger partial charge in [-0.05, 0) is 54.9 Å². The van der Waals surface area contributed by atoms with Crippen LogP contribution in [0.25, 0.3) is 0 Å². The summed E-state index contributed by atoms with van der Waals surface area (Å²) in [4.78, 5) is 4.23. The molecule has 19 heavy (non-hydrogen) atoms. The Kier molecular flexibility index (Phi) is 4.81. The topological polar surface area (TPSA) is 24.9 Å². The summed E-state index contributed by atoms with van der Waals surface area (Å²) in [6.45, 7) is 4.89. The molecule has 2 aromatic rings. The van der Waals surface area contributed by atoms with Gasteiger partial charge in [0.1, 0.15) is 0 Å². The predicted molar refractivity (Wildman–Crippen MR) is 81.0 cm³/mol. The van der Waals surface area contributed by atoms with Gasteiger partial charge in [0, 0.05) is 21.9 Å². The quantitative estimate of drug-likeness (QED) is 0.904. The Labute approximate surface area is 123 Å². The van der Waals surface area contributed by atoms with E-state index < -0.39 is 0 Å². The first-order valence-electron chi connectivity index (χ1n) is 6.22. The number of benzene rings is 1. The number of hydrogen-bond donors (Lipinski definition) is 1. The molecule has 100 valence electrons. The minimum absolute atomic E-state index is 0.0258. The van der Waals surface area contributed by atoms with Crippen LogP contribution in [0, 0.1) is 6.92 Å². The molecule has 2 nitrogen and oxygen atoms in total. The molecule has 0 radical (unpaired) electrons. The number of rotatable bonds is 4. The fourth-order valence-electron chi connectivity index (χ4n) is 2.09. The summed E-state index contributed by atoms with van der Waals surface area (Å²) in [5.74, 6) is 0. The second kappa shape index (κ2) is 6.38. The molecule has 0 aliphatic rings. The van der Waals surface area contributed by atoms with E-state index in [0.717, 1.165) is 23.4 Å². The van der Waals surface area contributed by atoms with E-state index in [4.69, 9.17) is 23.2 Å². The molecule has 0 saturated carbocycles. The maximum atomic E-state index is 6.30. The number of pyridine rings is 1. The second-order valence-corrected chi connectivity index (χ2v) is 5.23. The summed E-state index contributed by atoms with van der Waals surface area (Å²) in [5.41, 5.74) is 3.11. The summed E-state index contributed by atoms with van der Waals surface area (Å²) in [7, 11) is 0. The van der Waals surface area contributed by atoms with Crippen LogP contribution in [0.3, 0.4) is 0 Å². The molecule has 0 amide bonds. The number of nitrogens with one attached hydrogen (secondary N) is 1. The molecule has 0 saturated heterocycles. The van der Waals surface area contributed by atoms with Crippen LogP contribution in [0.1, 0.15) is 29.8 Å². The lowest BCUT2D eigenvalue weighted by Gasteiger charge is -2.20. The molecule has 0 fully saturated rings. The van der Waals surface area contributed by atoms with E-state index in [0.29, 0.717) is 10.0 Å². The number of hydrogen-bond acceptors (Lipinski definition) is 2. The Morgan fingerprint density at radius 3 is 2.68 bits per heavy atom. The number of aryl methyl sites for hydroxylation is 1. The van der Waals surface area contributed by atoms with E-state index in [1.807, 2.05) is 31.3 Å². The largest absolute Gasteiger partial charge is 0.306 e. The van der Waals surface area contributed by atoms with Crippen molar-refractivity contribution in [2.24, 2.45) is 0 Å². The van der Waals surface area contributed by atoms with E-state index in [1.54, 1.807) is 6.07 Å². The van der Waals surface area contributed by atoms with Gasteiger partial charge in [-0.25, -0.2) is 0 Å². The summed E-state index contributed by atoms with van der Waals surface area (Å²) in [5, 5.41) is 4.84. The summed E-state index contributed by atoms with van der Waals surface area (Å²) in [6.07, 6.45) is 1.81. The van der Waals surface area contributed by atoms with Crippen molar-refractivity contribution in [3.05, 3.63) is 63.4 Å². The number of aromatic nitrogens is 1. The average Bonchev–Trinajstić information content (AvgIpc) is 2.39. The van der Waals surface area contributed by atoms with E-state index in [-0.39, 0.29) is 6.04 Å². The van der Waals surface area contributed by atoms with Crippen LogP contribution in [0.2, 0.25) is 10.0 Å². The Morgan fingerprint density at radius 2 is 2.00 bits per heavy atom. The van der Waals surface area contributed by atoms with E-state index in [9.17, 15) is 0 Å². The fraction of sp³-hybridized carbons (Fsp3) is 0.267. The lowest BCUT2D eigenvalue weighted by Crippen LogP contribution is -2.22. The van der Waals surface area contributed by atoms with Gasteiger partial charge in [-0.2, -0.15) is 0 Å². The lowest BCUT2D eigenvalue weighted by molar-refractivity contribution is 0.629. The van der Waals surface area contributed by atoms with Gasteiger partial charge in [0.05, 0.1) is 6.04 Å². The first kappa shape index (κ1) is 14.3. The molecule has 1 aromatic heterocycles. The van der Waals surface area contributed by atoms with Crippen molar-refractivity contribution in [1.29, 1.82) is 0 Å². The third-order valence-electron chi connectivity index (χ3n) is 2.93. The van der Waals surface area contributed by atoms with Crippen molar-refractivity contribution in [2.45, 2.75) is 19.9 Å². The Morgan fingerprint density at radius 1 is 1.21 bits per heavy atom. The van der Waals surface area contributed by atoms with Gasteiger partial charge in [0.15, 0.2) is 0 Å². The van der Waals surface area contributed by atoms with Gasteiger partial charge in [0.25, 0.3) is 0 Å². The molecule has 1 N–H and O–H groups in total. The molecule has 4 heteroatoms. The van der Waals surface area contributed by atoms with Gasteiger partial charge >= 0.3 is 0 Å². The Hall–Kier alpha value is -1.09. The zero-order valence-electron chi connectivity index (χ0n) is 11.0. The van der Waals surface area contributed by atoms with Gasteiger partial charge in [-0.1, -0.05) is 30.1 Å². The maximum Gasteiger partial charge on any atom is 0.0593 e. The molecule has 0 bridgehead atoms. The van der Waals surface area contributed by atoms with Crippen LogP contribution in [0.4, 0.5) is 0 Å². The highest BCUT2D eigenvalue weighted by atomic mass is 35.5. The van der Waals surface area contributed by atoms with Crippen LogP contribution in [-0.4, -0.2) is 11.5 Å². The van der Waals surface area contributed by atoms with Crippen molar-refractivity contribution < 1.29 is 0 Å². The SMILES string of the molecule is CCNC(c1ccnc(C)c1)c1cc(Cl)ccc1Cl. The molecule has 1 unspecified atom stereocenters. The molecule has 0 aliphatic heterocycles. The summed E-state index contributed by atoms with van der Waals surface area (Å²) >= 11 is 12.4. The predicted octanol–water partition coefficient (Wildman–Crippen LogP) is 4.40. The average molecular weight is 295 g/mol. The number of halogens is 2. The lowest BCUT2D eigenvalue weighted by atomic mass is 9.99. The highest BCUT2D eigenvalue weighted by molar-refractivity contribution is 6.33. The van der Waals surface area contributed by atoms with Crippen molar-refractivity contribution in [1.82, 2.24) is 10.3 Å². The van der Waals surface area contributed by atoms with Crippen molar-refractivity contribution in [2.75, 3.05) is 6.54 Å². The maximum absolute atomic E-state index is 6.30. The molecular weight excluding hydrogens is 279 g/mol. The van der Waals surface area contributed by atoms with Crippen molar-refractivity contribution in [3.8, 4) is 0 Å². The van der Waals surface area contributed by atoms with Gasteiger partial charge in [-0.15, -0.1) is 0 Å². The van der Waals surface area contributed by atoms with Crippen LogP contribution in [0.5, 0.6) is 0 Å². The molecule has 0 aliphatic carbocycles. The first-order valence-corrected chi connectivity index (χ1v) is 6.98. The van der Waals surface area contributed by atoms with E-state index >= 15 is 0 Å². The third kappa shape index (κ3) is 3.47. The Balaban J connectivity index is 2.48. The van der Waals surface area contributed by atoms with Gasteiger partial charge in [0.2, 0.25) is 0 Å². The van der Waals surface area contributed by atoms with Gasteiger partial charge in [-0.3, -0.25) is 4.98 Å². The van der Waals surface area contributed by atoms with Crippen molar-refractivity contribution >= 4 is 23.2 Å². The van der Waals surface area contributed by atoms with E-state index in [1.165, 1.54) is 0 Å². The highest BCUT2D eigenvalue weighted by Gasteiger charge is 2.16. The molecule has 1 atom stereocenters. The first-order chi connectivity index (χ1) is 9.11. The summed E-state index contributed by atoms with van der Waals surface area (Å²) < 4.78 is 0. The van der Waals surface area contributed by atoms with Crippen LogP contribution in [0.15, 0.2) is 36.5 Å². The highest BCUT2D eigenvalue weighted by Crippen LogP contribution is 2.30. The molecule has 1 heterocycles. The minimum atomic E-state index is 0.0258. The number of nitrogens with zero attached hydrogens (tertiary/aromatic N) is 1. The molecule has 0 spiro atoms. The second-order valence-electron chi connectivity index (χ2n) is 4.39. The molecule has 1 aromatic carbocycles. The smallest absolute Gasteiger partial charge is 0.0593 e. The molecule has 2 rings (SSSR count). The van der Waals surface area contributed by atoms with Gasteiger partial charge < -0.3 is 5.32 Å². The minimum Gasteiger partial charge on any atom is -0.306 e. The van der Waals surface area contributed by atoms with E-state index in [2.05, 4.69) is 23.3 Å². The standard InChI is InChI=1S/C15H16Cl2N2/c1-3-18-15(11-6-7-19-10(2)8-11)13-9-12(16)4-5-14(13)17/h4-9,15,18H,3H2,1-2H3. The van der Waals surface area contributed by atoms with Crippen LogP contribution >= 0.6 is 23.2 Å². The van der Waals surface area contributed by atoms with Crippen LogP contribution < -0.4 is 5.32 Å². The zero-order valence-corrected chi connectivity index (χ0v) is 12.5. The molecular formula is C15H16Cl2N2. The normalized spacial score (nSPS) is 12.4. The third-order valence-corrected chi connectivity index (χ3v) is 3.51.